The standard InChI is InChI=1S/C31H28FN5O4/c32-24-9-4-10-26(41-18-20-6-2-1-3-7-20)27(24)23-16-25-28(29-22(23)8-5-15-40-29)30(35-19-34-25)36-13-14-37(31(38)39)21(17-36)11-12-33/h1-4,6-7,9-10,16,19,21H,5,8,11,13-15,17-18H2,(H,38,39)/t21-/m0/s1. The second-order valence-corrected chi connectivity index (χ2v) is 10.1. The van der Waals surface area contributed by atoms with Gasteiger partial charge in [-0.1, -0.05) is 36.4 Å². The molecule has 1 saturated heterocycles. The van der Waals surface area contributed by atoms with E-state index in [-0.39, 0.29) is 13.0 Å². The second-order valence-electron chi connectivity index (χ2n) is 10.1. The van der Waals surface area contributed by atoms with Gasteiger partial charge in [0.05, 0.1) is 41.6 Å². The lowest BCUT2D eigenvalue weighted by atomic mass is 9.91. The molecule has 3 aromatic carbocycles. The van der Waals surface area contributed by atoms with Gasteiger partial charge in [-0.05, 0) is 42.2 Å². The van der Waals surface area contributed by atoms with E-state index in [4.69, 9.17) is 9.47 Å². The molecule has 0 radical (unpaired) electrons. The summed E-state index contributed by atoms with van der Waals surface area (Å²) in [5.41, 5.74) is 3.43. The van der Waals surface area contributed by atoms with Gasteiger partial charge in [0.2, 0.25) is 0 Å². The van der Waals surface area contributed by atoms with Crippen LogP contribution in [0, 0.1) is 17.1 Å². The number of ether oxygens (including phenoxy) is 2. The molecule has 208 valence electrons. The first-order chi connectivity index (χ1) is 20.0. The Labute approximate surface area is 236 Å². The maximum absolute atomic E-state index is 15.6. The Balaban J connectivity index is 1.44. The number of rotatable bonds is 6. The van der Waals surface area contributed by atoms with Gasteiger partial charge in [-0.2, -0.15) is 5.26 Å². The molecule has 4 aromatic rings. The molecule has 0 bridgehead atoms. The SMILES string of the molecule is N#CC[C@H]1CN(c2ncnc3cc(-c4c(F)cccc4OCc4ccccc4)c4c(c23)OCCC4)CCN1C(=O)O. The van der Waals surface area contributed by atoms with Crippen molar-refractivity contribution in [1.29, 1.82) is 5.26 Å². The molecule has 6 rings (SSSR count). The summed E-state index contributed by atoms with van der Waals surface area (Å²) in [6.07, 6.45) is 1.92. The Hall–Kier alpha value is -4.91. The number of carbonyl (C=O) groups is 1. The predicted octanol–water partition coefficient (Wildman–Crippen LogP) is 5.42. The number of aromatic nitrogens is 2. The lowest BCUT2D eigenvalue weighted by molar-refractivity contribution is 0.119. The number of carboxylic acid groups (broad SMARTS) is 1. The molecular formula is C31H28FN5O4. The summed E-state index contributed by atoms with van der Waals surface area (Å²) >= 11 is 0. The highest BCUT2D eigenvalue weighted by atomic mass is 19.1. The molecule has 10 heteroatoms. The maximum atomic E-state index is 15.6. The zero-order valence-electron chi connectivity index (χ0n) is 22.3. The predicted molar refractivity (Wildman–Crippen MR) is 150 cm³/mol. The summed E-state index contributed by atoms with van der Waals surface area (Å²) in [5, 5.41) is 19.6. The van der Waals surface area contributed by atoms with Crippen molar-refractivity contribution in [1.82, 2.24) is 14.9 Å². The van der Waals surface area contributed by atoms with Crippen LogP contribution in [-0.4, -0.2) is 58.4 Å². The van der Waals surface area contributed by atoms with Gasteiger partial charge >= 0.3 is 6.09 Å². The smallest absolute Gasteiger partial charge is 0.407 e. The maximum Gasteiger partial charge on any atom is 0.407 e. The van der Waals surface area contributed by atoms with Crippen molar-refractivity contribution < 1.29 is 23.8 Å². The molecule has 1 N–H and O–H groups in total. The molecular weight excluding hydrogens is 525 g/mol. The number of fused-ring (bicyclic) bond motifs is 3. The van der Waals surface area contributed by atoms with Gasteiger partial charge in [-0.3, -0.25) is 0 Å². The zero-order chi connectivity index (χ0) is 28.3. The van der Waals surface area contributed by atoms with E-state index in [1.165, 1.54) is 17.3 Å². The summed E-state index contributed by atoms with van der Waals surface area (Å²) in [6.45, 7) is 1.75. The number of amides is 1. The lowest BCUT2D eigenvalue weighted by Crippen LogP contribution is -2.55. The van der Waals surface area contributed by atoms with E-state index in [0.717, 1.165) is 17.5 Å². The summed E-state index contributed by atoms with van der Waals surface area (Å²) in [4.78, 5) is 24.2. The molecule has 2 aliphatic heterocycles. The normalized spacial score (nSPS) is 16.5. The Morgan fingerprint density at radius 2 is 2.02 bits per heavy atom. The average Bonchev–Trinajstić information content (AvgIpc) is 3.00. The molecule has 0 spiro atoms. The first kappa shape index (κ1) is 26.3. The van der Waals surface area contributed by atoms with Gasteiger partial charge in [0.25, 0.3) is 0 Å². The fraction of sp³-hybridized carbons (Fsp3) is 0.290. The van der Waals surface area contributed by atoms with E-state index in [0.29, 0.717) is 72.1 Å². The zero-order valence-corrected chi connectivity index (χ0v) is 22.3. The third kappa shape index (κ3) is 5.07. The monoisotopic (exact) mass is 553 g/mol. The van der Waals surface area contributed by atoms with Crippen molar-refractivity contribution in [3.63, 3.8) is 0 Å². The molecule has 1 atom stereocenters. The van der Waals surface area contributed by atoms with Gasteiger partial charge < -0.3 is 24.4 Å². The average molecular weight is 554 g/mol. The summed E-state index contributed by atoms with van der Waals surface area (Å²) in [7, 11) is 0. The molecule has 2 aliphatic rings. The summed E-state index contributed by atoms with van der Waals surface area (Å²) < 4.78 is 28.0. The van der Waals surface area contributed by atoms with E-state index in [1.807, 2.05) is 41.3 Å². The molecule has 1 aromatic heterocycles. The van der Waals surface area contributed by atoms with Gasteiger partial charge in [-0.15, -0.1) is 0 Å². The van der Waals surface area contributed by atoms with Crippen molar-refractivity contribution in [2.75, 3.05) is 31.1 Å². The number of anilines is 1. The highest BCUT2D eigenvalue weighted by Gasteiger charge is 2.33. The van der Waals surface area contributed by atoms with Crippen molar-refractivity contribution in [3.05, 3.63) is 77.9 Å². The minimum absolute atomic E-state index is 0.0730. The molecule has 3 heterocycles. The number of halogens is 1. The van der Waals surface area contributed by atoms with Crippen molar-refractivity contribution in [3.8, 4) is 28.7 Å². The van der Waals surface area contributed by atoms with E-state index in [2.05, 4.69) is 16.0 Å². The van der Waals surface area contributed by atoms with Crippen LogP contribution in [0.3, 0.4) is 0 Å². The van der Waals surface area contributed by atoms with E-state index in [1.54, 1.807) is 12.1 Å². The fourth-order valence-corrected chi connectivity index (χ4v) is 5.71. The van der Waals surface area contributed by atoms with E-state index < -0.39 is 18.0 Å². The van der Waals surface area contributed by atoms with Crippen LogP contribution < -0.4 is 14.4 Å². The van der Waals surface area contributed by atoms with Crippen LogP contribution in [0.5, 0.6) is 11.5 Å². The Kier molecular flexibility index (Phi) is 7.25. The molecule has 1 amide bonds. The van der Waals surface area contributed by atoms with Crippen molar-refractivity contribution >= 4 is 22.8 Å². The highest BCUT2D eigenvalue weighted by molar-refractivity contribution is 6.00. The highest BCUT2D eigenvalue weighted by Crippen LogP contribution is 2.46. The van der Waals surface area contributed by atoms with Gasteiger partial charge in [0, 0.05) is 25.2 Å². The number of nitriles is 1. The van der Waals surface area contributed by atoms with E-state index >= 15 is 4.39 Å². The van der Waals surface area contributed by atoms with Crippen LogP contribution in [0.4, 0.5) is 15.0 Å². The van der Waals surface area contributed by atoms with Crippen LogP contribution in [0.25, 0.3) is 22.0 Å². The van der Waals surface area contributed by atoms with Crippen LogP contribution in [0.1, 0.15) is 24.0 Å². The quantitative estimate of drug-likeness (QED) is 0.337. The third-order valence-electron chi connectivity index (χ3n) is 7.62. The fourth-order valence-electron chi connectivity index (χ4n) is 5.71. The third-order valence-corrected chi connectivity index (χ3v) is 7.62. The number of hydrogen-bond acceptors (Lipinski definition) is 7. The first-order valence-electron chi connectivity index (χ1n) is 13.6. The van der Waals surface area contributed by atoms with Crippen molar-refractivity contribution in [2.45, 2.75) is 31.9 Å². The van der Waals surface area contributed by atoms with Crippen molar-refractivity contribution in [2.24, 2.45) is 0 Å². The topological polar surface area (TPSA) is 112 Å². The molecule has 9 nitrogen and oxygen atoms in total. The number of benzene rings is 3. The Morgan fingerprint density at radius 3 is 2.83 bits per heavy atom. The molecule has 0 aliphatic carbocycles. The van der Waals surface area contributed by atoms with Gasteiger partial charge in [0.15, 0.2) is 0 Å². The minimum atomic E-state index is -1.04. The van der Waals surface area contributed by atoms with Crippen LogP contribution >= 0.6 is 0 Å². The molecule has 41 heavy (non-hydrogen) atoms. The lowest BCUT2D eigenvalue weighted by Gasteiger charge is -2.40. The Morgan fingerprint density at radius 1 is 1.17 bits per heavy atom. The minimum Gasteiger partial charge on any atom is -0.492 e. The van der Waals surface area contributed by atoms with Crippen LogP contribution in [-0.2, 0) is 13.0 Å². The van der Waals surface area contributed by atoms with E-state index in [9.17, 15) is 15.2 Å². The molecule has 1 fully saturated rings. The summed E-state index contributed by atoms with van der Waals surface area (Å²) in [6, 6.07) is 18.0. The Bertz CT molecular complexity index is 1640. The number of nitrogens with zero attached hydrogens (tertiary/aromatic N) is 5. The van der Waals surface area contributed by atoms with Crippen LogP contribution in [0.2, 0.25) is 0 Å². The largest absolute Gasteiger partial charge is 0.492 e. The van der Waals surface area contributed by atoms with Gasteiger partial charge in [0.1, 0.15) is 36.1 Å². The second kappa shape index (κ2) is 11.3. The molecule has 0 saturated carbocycles. The molecule has 0 unspecified atom stereocenters. The first-order valence-corrected chi connectivity index (χ1v) is 13.6. The summed E-state index contributed by atoms with van der Waals surface area (Å²) in [5.74, 6) is 1.25. The van der Waals surface area contributed by atoms with Gasteiger partial charge in [-0.25, -0.2) is 19.2 Å². The van der Waals surface area contributed by atoms with Crippen LogP contribution in [0.15, 0.2) is 60.9 Å². The number of piperazine rings is 1. The number of hydrogen-bond donors (Lipinski definition) is 1.